The van der Waals surface area contributed by atoms with E-state index in [1.807, 2.05) is 42.6 Å². The number of aromatic amines is 1. The third kappa shape index (κ3) is 11.1. The number of aliphatic imine (C=N–C) groups is 1. The van der Waals surface area contributed by atoms with E-state index >= 15 is 0 Å². The topological polar surface area (TPSA) is 162 Å². The van der Waals surface area contributed by atoms with Crippen molar-refractivity contribution in [3.8, 4) is 11.4 Å². The first kappa shape index (κ1) is 35.3. The molecule has 0 aliphatic rings. The Morgan fingerprint density at radius 2 is 1.76 bits per heavy atom. The highest BCUT2D eigenvalue weighted by molar-refractivity contribution is 5.76. The van der Waals surface area contributed by atoms with E-state index in [2.05, 4.69) is 86.9 Å². The second kappa shape index (κ2) is 15.7. The minimum Gasteiger partial charge on any atom is -0.491 e. The number of hydrogen-bond donors (Lipinski definition) is 5. The minimum atomic E-state index is -0.301. The molecule has 10 nitrogen and oxygen atoms in total. The number of benzene rings is 2. The standard InChI is InChI=1S/C21H29N7O.C14H23NO/c1-21(2,3)17-11-15-13-28(20(29)27-18(15)26-17)16-7-5-14(6-8-16)12-24-9-4-10-25-19(22)23;1-11(8-9-15)16-13-7-5-6-12(10-13)14(2,3)4/h5-8,11,13,24H,4,9-10,12H2,1-3H3,(H4,22,23,25)(H,26,27,29);5-7,10-11H,8-9,15H2,1-4H3. The summed E-state index contributed by atoms with van der Waals surface area (Å²) in [5.41, 5.74) is 20.8. The van der Waals surface area contributed by atoms with Crippen molar-refractivity contribution < 1.29 is 4.74 Å². The zero-order chi connectivity index (χ0) is 33.2. The molecule has 1 atom stereocenters. The Morgan fingerprint density at radius 3 is 2.38 bits per heavy atom. The van der Waals surface area contributed by atoms with E-state index in [0.29, 0.717) is 18.7 Å². The molecule has 0 saturated heterocycles. The molecule has 2 aromatic heterocycles. The van der Waals surface area contributed by atoms with Crippen LogP contribution in [-0.2, 0) is 17.4 Å². The molecule has 0 saturated carbocycles. The Morgan fingerprint density at radius 1 is 1.04 bits per heavy atom. The lowest BCUT2D eigenvalue weighted by molar-refractivity contribution is 0.213. The molecule has 0 aliphatic heterocycles. The van der Waals surface area contributed by atoms with Crippen molar-refractivity contribution in [2.45, 2.75) is 84.8 Å². The van der Waals surface area contributed by atoms with Gasteiger partial charge in [0.15, 0.2) is 5.96 Å². The first-order chi connectivity index (χ1) is 21.2. The Hall–Kier alpha value is -4.15. The van der Waals surface area contributed by atoms with Gasteiger partial charge in [0, 0.05) is 35.8 Å². The molecule has 4 aromatic rings. The fraction of sp³-hybridized carbons (Fsp3) is 0.457. The van der Waals surface area contributed by atoms with Crippen LogP contribution in [0, 0.1) is 0 Å². The summed E-state index contributed by atoms with van der Waals surface area (Å²) >= 11 is 0. The van der Waals surface area contributed by atoms with E-state index in [-0.39, 0.29) is 28.6 Å². The Balaban J connectivity index is 0.000000292. The highest BCUT2D eigenvalue weighted by atomic mass is 16.5. The van der Waals surface area contributed by atoms with Gasteiger partial charge < -0.3 is 32.2 Å². The summed E-state index contributed by atoms with van der Waals surface area (Å²) in [6.07, 6.45) is 3.78. The summed E-state index contributed by atoms with van der Waals surface area (Å²) in [6.45, 7) is 17.9. The molecule has 0 amide bonds. The number of H-pyrrole nitrogens is 1. The van der Waals surface area contributed by atoms with Gasteiger partial charge in [-0.15, -0.1) is 0 Å². The first-order valence-electron chi connectivity index (χ1n) is 15.6. The van der Waals surface area contributed by atoms with Crippen molar-refractivity contribution in [3.05, 3.63) is 88.1 Å². The molecule has 10 heteroatoms. The van der Waals surface area contributed by atoms with Crippen LogP contribution in [0.15, 0.2) is 70.6 Å². The molecule has 0 radical (unpaired) electrons. The molecule has 2 aromatic carbocycles. The lowest BCUT2D eigenvalue weighted by Gasteiger charge is -2.21. The van der Waals surface area contributed by atoms with Gasteiger partial charge in [0.05, 0.1) is 11.8 Å². The maximum atomic E-state index is 12.5. The fourth-order valence-electron chi connectivity index (χ4n) is 4.56. The molecule has 0 aliphatic carbocycles. The lowest BCUT2D eigenvalue weighted by atomic mass is 9.87. The van der Waals surface area contributed by atoms with Gasteiger partial charge in [0.1, 0.15) is 11.4 Å². The highest BCUT2D eigenvalue weighted by Gasteiger charge is 2.18. The predicted molar refractivity (Wildman–Crippen MR) is 186 cm³/mol. The van der Waals surface area contributed by atoms with Gasteiger partial charge in [0.25, 0.3) is 0 Å². The Kier molecular flexibility index (Phi) is 12.3. The van der Waals surface area contributed by atoms with Crippen LogP contribution in [0.1, 0.15) is 78.1 Å². The zero-order valence-electron chi connectivity index (χ0n) is 28.0. The van der Waals surface area contributed by atoms with Crippen molar-refractivity contribution in [3.63, 3.8) is 0 Å². The average Bonchev–Trinajstić information content (AvgIpc) is 3.38. The maximum Gasteiger partial charge on any atom is 0.354 e. The average molecular weight is 617 g/mol. The number of aromatic nitrogens is 3. The number of guanidine groups is 1. The van der Waals surface area contributed by atoms with Gasteiger partial charge in [0.2, 0.25) is 0 Å². The van der Waals surface area contributed by atoms with Crippen LogP contribution < -0.4 is 32.9 Å². The fourth-order valence-corrected chi connectivity index (χ4v) is 4.56. The second-order valence-electron chi connectivity index (χ2n) is 13.4. The summed E-state index contributed by atoms with van der Waals surface area (Å²) in [4.78, 5) is 23.9. The number of ether oxygens (including phenoxy) is 1. The third-order valence-electron chi connectivity index (χ3n) is 7.28. The van der Waals surface area contributed by atoms with Gasteiger partial charge in [-0.2, -0.15) is 4.98 Å². The van der Waals surface area contributed by atoms with Gasteiger partial charge in [-0.1, -0.05) is 65.8 Å². The summed E-state index contributed by atoms with van der Waals surface area (Å²) < 4.78 is 7.39. The largest absolute Gasteiger partial charge is 0.491 e. The smallest absolute Gasteiger partial charge is 0.354 e. The van der Waals surface area contributed by atoms with Crippen LogP contribution in [0.2, 0.25) is 0 Å². The number of nitrogens with one attached hydrogen (secondary N) is 2. The molecule has 8 N–H and O–H groups in total. The molecule has 0 fully saturated rings. The Bertz CT molecular complexity index is 1590. The van der Waals surface area contributed by atoms with Crippen LogP contribution in [0.4, 0.5) is 0 Å². The van der Waals surface area contributed by atoms with E-state index in [1.165, 1.54) is 5.56 Å². The molecule has 2 heterocycles. The molecule has 1 unspecified atom stereocenters. The summed E-state index contributed by atoms with van der Waals surface area (Å²) in [7, 11) is 0. The number of rotatable bonds is 11. The van der Waals surface area contributed by atoms with Crippen LogP contribution in [-0.4, -0.2) is 46.2 Å². The van der Waals surface area contributed by atoms with Gasteiger partial charge in [-0.05, 0) is 79.7 Å². The quantitative estimate of drug-likeness (QED) is 0.0912. The van der Waals surface area contributed by atoms with Crippen molar-refractivity contribution >= 4 is 17.0 Å². The predicted octanol–water partition coefficient (Wildman–Crippen LogP) is 4.86. The molecule has 45 heavy (non-hydrogen) atoms. The molecule has 0 spiro atoms. The van der Waals surface area contributed by atoms with E-state index in [0.717, 1.165) is 54.0 Å². The van der Waals surface area contributed by atoms with Crippen molar-refractivity contribution in [1.82, 2.24) is 19.9 Å². The van der Waals surface area contributed by atoms with Crippen molar-refractivity contribution in [2.24, 2.45) is 22.2 Å². The molecular weight excluding hydrogens is 564 g/mol. The maximum absolute atomic E-state index is 12.5. The number of nitrogens with two attached hydrogens (primary N) is 3. The van der Waals surface area contributed by atoms with Crippen molar-refractivity contribution in [1.29, 1.82) is 0 Å². The van der Waals surface area contributed by atoms with Crippen LogP contribution in [0.3, 0.4) is 0 Å². The SMILES string of the molecule is CC(C)(C)c1cc2cn(-c3ccc(CNCCCN=C(N)N)cc3)c(=O)nc2[nH]1.CC(CCN)Oc1cccc(C(C)(C)C)c1. The van der Waals surface area contributed by atoms with E-state index in [4.69, 9.17) is 21.9 Å². The minimum absolute atomic E-state index is 0.0352. The van der Waals surface area contributed by atoms with Crippen LogP contribution in [0.25, 0.3) is 16.7 Å². The van der Waals surface area contributed by atoms with Crippen LogP contribution >= 0.6 is 0 Å². The monoisotopic (exact) mass is 616 g/mol. The second-order valence-corrected chi connectivity index (χ2v) is 13.4. The van der Waals surface area contributed by atoms with Gasteiger partial charge in [-0.3, -0.25) is 9.56 Å². The summed E-state index contributed by atoms with van der Waals surface area (Å²) in [5, 5.41) is 4.27. The summed E-state index contributed by atoms with van der Waals surface area (Å²) in [6, 6.07) is 18.2. The van der Waals surface area contributed by atoms with E-state index in [9.17, 15) is 4.79 Å². The lowest BCUT2D eigenvalue weighted by Crippen LogP contribution is -2.23. The highest BCUT2D eigenvalue weighted by Crippen LogP contribution is 2.26. The third-order valence-corrected chi connectivity index (χ3v) is 7.28. The first-order valence-corrected chi connectivity index (χ1v) is 15.6. The van der Waals surface area contributed by atoms with Gasteiger partial charge in [-0.25, -0.2) is 4.79 Å². The Labute approximate surface area is 267 Å². The molecule has 4 rings (SSSR count). The number of nitrogens with zero attached hydrogens (tertiary/aromatic N) is 3. The molecular formula is C35H52N8O2. The van der Waals surface area contributed by atoms with Crippen LogP contribution in [0.5, 0.6) is 5.75 Å². The molecule has 0 bridgehead atoms. The van der Waals surface area contributed by atoms with E-state index in [1.54, 1.807) is 4.57 Å². The van der Waals surface area contributed by atoms with Gasteiger partial charge >= 0.3 is 5.69 Å². The zero-order valence-corrected chi connectivity index (χ0v) is 28.0. The van der Waals surface area contributed by atoms with Crippen molar-refractivity contribution in [2.75, 3.05) is 19.6 Å². The summed E-state index contributed by atoms with van der Waals surface area (Å²) in [5.74, 6) is 1.06. The normalized spacial score (nSPS) is 12.4. The number of fused-ring (bicyclic) bond motifs is 1. The molecule has 244 valence electrons. The number of hydrogen-bond acceptors (Lipinski definition) is 6. The van der Waals surface area contributed by atoms with E-state index < -0.39 is 0 Å².